The summed E-state index contributed by atoms with van der Waals surface area (Å²) in [5, 5.41) is 3.61. The third-order valence-electron chi connectivity index (χ3n) is 13.5. The summed E-state index contributed by atoms with van der Waals surface area (Å²) in [7, 11) is 5.37. The van der Waals surface area contributed by atoms with Gasteiger partial charge in [0.15, 0.2) is 30.1 Å². The van der Waals surface area contributed by atoms with Crippen LogP contribution in [0.15, 0.2) is 66.9 Å². The predicted octanol–water partition coefficient (Wildman–Crippen LogP) is 6.93. The molecule has 1 aliphatic rings. The van der Waals surface area contributed by atoms with E-state index in [0.717, 1.165) is 30.3 Å². The van der Waals surface area contributed by atoms with Crippen LogP contribution in [0, 0.1) is 23.7 Å². The summed E-state index contributed by atoms with van der Waals surface area (Å²) in [4.78, 5) is 120. The topological polar surface area (TPSA) is 204 Å². The second kappa shape index (κ2) is 28.2. The molecule has 0 bridgehead atoms. The molecule has 0 N–H and O–H groups in total. The average Bonchev–Trinajstić information content (AvgIpc) is 3.85. The van der Waals surface area contributed by atoms with Gasteiger partial charge in [-0.25, -0.2) is 19.2 Å². The van der Waals surface area contributed by atoms with Gasteiger partial charge in [0.2, 0.25) is 0 Å². The monoisotopic (exact) mass is 1100 g/mol. The standard InChI is InChI=1S/C57H79F3N6O12/c1-33(2)26-42-53(71)75-38(10)50(68)63(12)45(29-36(7)8)56(74)78-47(31-40-20-22-41(23-21-40)32-66-25-24-48(61-66)57(58,59)60)52(70)65(14)43(27-34(3)4)54(72)76-37(9)49(67)62(11)44(28-35(5)6)55(73)77-46(51(69)64(42)13)30-39-18-16-15-17-19-39/h15-25,33-38,42-47H,26-32H2,1-14H3/t37-,38-,42+,43+,44+,45+,46-,47-/m1/s1. The maximum Gasteiger partial charge on any atom is 0.435 e. The number of aromatic nitrogens is 2. The Morgan fingerprint density at radius 1 is 0.462 bits per heavy atom. The molecule has 0 unspecified atom stereocenters. The Hall–Kier alpha value is -6.80. The van der Waals surface area contributed by atoms with E-state index in [0.29, 0.717) is 16.7 Å². The third kappa shape index (κ3) is 17.9. The molecule has 1 aromatic heterocycles. The van der Waals surface area contributed by atoms with Crippen LogP contribution >= 0.6 is 0 Å². The van der Waals surface area contributed by atoms with E-state index in [2.05, 4.69) is 5.10 Å². The van der Waals surface area contributed by atoms with Gasteiger partial charge in [-0.05, 0) is 86.0 Å². The van der Waals surface area contributed by atoms with Gasteiger partial charge >= 0.3 is 30.1 Å². The van der Waals surface area contributed by atoms with Crippen molar-refractivity contribution in [2.45, 2.75) is 169 Å². The van der Waals surface area contributed by atoms with Crippen LogP contribution in [0.25, 0.3) is 0 Å². The molecule has 1 fully saturated rings. The number of benzene rings is 2. The normalized spacial score (nSPS) is 23.8. The highest BCUT2D eigenvalue weighted by molar-refractivity contribution is 5.94. The van der Waals surface area contributed by atoms with Crippen molar-refractivity contribution in [2.24, 2.45) is 23.7 Å². The van der Waals surface area contributed by atoms with Crippen LogP contribution in [0.5, 0.6) is 0 Å². The molecule has 4 amide bonds. The maximum atomic E-state index is 14.9. The van der Waals surface area contributed by atoms with Crippen LogP contribution in [0.4, 0.5) is 13.2 Å². The van der Waals surface area contributed by atoms with Gasteiger partial charge in [0.25, 0.3) is 23.6 Å². The second-order valence-electron chi connectivity index (χ2n) is 22.0. The lowest BCUT2D eigenvalue weighted by Crippen LogP contribution is -2.55. The van der Waals surface area contributed by atoms with Crippen LogP contribution < -0.4 is 0 Å². The number of hydrogen-bond acceptors (Lipinski definition) is 13. The number of carbonyl (C=O) groups excluding carboxylic acids is 8. The molecule has 78 heavy (non-hydrogen) atoms. The van der Waals surface area contributed by atoms with E-state index >= 15 is 0 Å². The lowest BCUT2D eigenvalue weighted by molar-refractivity contribution is -0.176. The number of alkyl halides is 3. The van der Waals surface area contributed by atoms with Crippen LogP contribution in [0.3, 0.4) is 0 Å². The summed E-state index contributed by atoms with van der Waals surface area (Å²) in [5.74, 6) is -7.97. The van der Waals surface area contributed by atoms with Crippen LogP contribution in [-0.2, 0) is 82.9 Å². The summed E-state index contributed by atoms with van der Waals surface area (Å²) in [5.41, 5.74) is 0.561. The minimum Gasteiger partial charge on any atom is -0.451 e. The Labute approximate surface area is 456 Å². The average molecular weight is 1100 g/mol. The Bertz CT molecular complexity index is 2520. The molecule has 430 valence electrons. The van der Waals surface area contributed by atoms with Gasteiger partial charge in [-0.2, -0.15) is 18.3 Å². The van der Waals surface area contributed by atoms with E-state index in [1.807, 2.05) is 27.7 Å². The fourth-order valence-corrected chi connectivity index (χ4v) is 9.09. The second-order valence-corrected chi connectivity index (χ2v) is 22.0. The maximum absolute atomic E-state index is 14.9. The molecule has 0 saturated carbocycles. The zero-order chi connectivity index (χ0) is 58.5. The first-order chi connectivity index (χ1) is 36.4. The number of halogens is 3. The number of rotatable bonds is 14. The Kier molecular flexibility index (Phi) is 23.0. The molecule has 2 heterocycles. The third-order valence-corrected chi connectivity index (χ3v) is 13.5. The number of nitrogens with zero attached hydrogens (tertiary/aromatic N) is 6. The molecule has 3 aromatic rings. The Balaban J connectivity index is 1.85. The van der Waals surface area contributed by atoms with Crippen LogP contribution in [0.1, 0.15) is 117 Å². The summed E-state index contributed by atoms with van der Waals surface area (Å²) < 4.78 is 64.8. The van der Waals surface area contributed by atoms with Gasteiger partial charge in [-0.15, -0.1) is 0 Å². The fourth-order valence-electron chi connectivity index (χ4n) is 9.09. The van der Waals surface area contributed by atoms with Gasteiger partial charge in [0, 0.05) is 47.2 Å². The van der Waals surface area contributed by atoms with Crippen molar-refractivity contribution < 1.29 is 70.5 Å². The van der Waals surface area contributed by atoms with E-state index < -0.39 is 108 Å². The van der Waals surface area contributed by atoms with Gasteiger partial charge in [-0.3, -0.25) is 23.9 Å². The molecule has 18 nitrogen and oxygen atoms in total. The van der Waals surface area contributed by atoms with Gasteiger partial charge < -0.3 is 38.5 Å². The highest BCUT2D eigenvalue weighted by Gasteiger charge is 2.43. The SMILES string of the molecule is CC(C)C[C@H]1C(=O)O[C@H](Cc2ccc(Cn3ccc(C(F)(F)F)n3)cc2)C(=O)N(C)[C@@H](CC(C)C)C(=O)O[C@H](C)C(=O)N(C)[C@@H](CC(C)C)C(=O)O[C@H](Cc2ccccc2)C(=O)N(C)[C@@H](CC(C)C)C(=O)O[C@H](C)C(=O)N1C. The number of carbonyl (C=O) groups is 8. The van der Waals surface area contributed by atoms with E-state index in [1.54, 1.807) is 82.3 Å². The van der Waals surface area contributed by atoms with Crippen molar-refractivity contribution in [1.29, 1.82) is 0 Å². The molecule has 1 saturated heterocycles. The lowest BCUT2D eigenvalue weighted by atomic mass is 9.99. The molecule has 2 aromatic carbocycles. The molecular formula is C57H79F3N6O12. The summed E-state index contributed by atoms with van der Waals surface area (Å²) >= 11 is 0. The van der Waals surface area contributed by atoms with Gasteiger partial charge in [-0.1, -0.05) is 110 Å². The first-order valence-corrected chi connectivity index (χ1v) is 26.5. The van der Waals surface area contributed by atoms with Crippen molar-refractivity contribution in [3.8, 4) is 0 Å². The van der Waals surface area contributed by atoms with Gasteiger partial charge in [0.1, 0.15) is 24.2 Å². The molecule has 1 aliphatic heterocycles. The van der Waals surface area contributed by atoms with Crippen LogP contribution in [-0.4, -0.2) is 154 Å². The Morgan fingerprint density at radius 3 is 1.12 bits per heavy atom. The molecule has 0 radical (unpaired) electrons. The number of ether oxygens (including phenoxy) is 4. The summed E-state index contributed by atoms with van der Waals surface area (Å²) in [6, 6.07) is 10.7. The van der Waals surface area contributed by atoms with Crippen molar-refractivity contribution >= 4 is 47.5 Å². The smallest absolute Gasteiger partial charge is 0.435 e. The molecular weight excluding hydrogens is 1020 g/mol. The molecule has 0 aliphatic carbocycles. The highest BCUT2D eigenvalue weighted by Crippen LogP contribution is 2.28. The Morgan fingerprint density at radius 2 is 0.782 bits per heavy atom. The number of hydrogen-bond donors (Lipinski definition) is 0. The lowest BCUT2D eigenvalue weighted by Gasteiger charge is -2.35. The largest absolute Gasteiger partial charge is 0.451 e. The van der Waals surface area contributed by atoms with E-state index in [9.17, 15) is 51.5 Å². The number of cyclic esters (lactones) is 4. The number of likely N-dealkylation sites (N-methyl/N-ethyl adjacent to an activating group) is 4. The van der Waals surface area contributed by atoms with Crippen molar-refractivity contribution in [2.75, 3.05) is 28.2 Å². The summed E-state index contributed by atoms with van der Waals surface area (Å²) in [6.45, 7) is 17.1. The minimum atomic E-state index is -4.64. The molecule has 0 spiro atoms. The zero-order valence-corrected chi connectivity index (χ0v) is 47.4. The van der Waals surface area contributed by atoms with Crippen molar-refractivity contribution in [3.05, 3.63) is 89.2 Å². The van der Waals surface area contributed by atoms with E-state index in [-0.39, 0.29) is 68.7 Å². The number of amides is 4. The minimum absolute atomic E-state index is 0.0199. The summed E-state index contributed by atoms with van der Waals surface area (Å²) in [6.07, 6.45) is -9.88. The van der Waals surface area contributed by atoms with Crippen molar-refractivity contribution in [1.82, 2.24) is 29.4 Å². The van der Waals surface area contributed by atoms with Crippen LogP contribution in [0.2, 0.25) is 0 Å². The zero-order valence-electron chi connectivity index (χ0n) is 47.4. The quantitative estimate of drug-likeness (QED) is 0.119. The molecule has 21 heteroatoms. The predicted molar refractivity (Wildman–Crippen MR) is 282 cm³/mol. The van der Waals surface area contributed by atoms with E-state index in [1.165, 1.54) is 48.2 Å². The van der Waals surface area contributed by atoms with Gasteiger partial charge in [0.05, 0.1) is 6.54 Å². The molecule has 8 atom stereocenters. The number of esters is 4. The highest BCUT2D eigenvalue weighted by atomic mass is 19.4. The van der Waals surface area contributed by atoms with E-state index in [4.69, 9.17) is 18.9 Å². The fraction of sp³-hybridized carbons (Fsp3) is 0.596. The van der Waals surface area contributed by atoms with Crippen molar-refractivity contribution in [3.63, 3.8) is 0 Å². The first kappa shape index (κ1) is 63.7. The molecule has 4 rings (SSSR count). The first-order valence-electron chi connectivity index (χ1n) is 26.5.